The van der Waals surface area contributed by atoms with E-state index in [2.05, 4.69) is 15.3 Å². The van der Waals surface area contributed by atoms with Crippen LogP contribution in [0.5, 0.6) is 0 Å². The Labute approximate surface area is 183 Å². The van der Waals surface area contributed by atoms with Crippen molar-refractivity contribution >= 4 is 11.8 Å². The summed E-state index contributed by atoms with van der Waals surface area (Å²) in [6.45, 7) is 4.95. The SMILES string of the molecule is CC[C@@H](Nc1nc(C)nc(CC(=O)OC)c1C1OC=CO1)c1cccc(C(F)(F)F)c1C. The van der Waals surface area contributed by atoms with Crippen molar-refractivity contribution in [1.82, 2.24) is 9.97 Å². The Morgan fingerprint density at radius 3 is 2.50 bits per heavy atom. The number of hydrogen-bond acceptors (Lipinski definition) is 7. The van der Waals surface area contributed by atoms with E-state index in [-0.39, 0.29) is 12.0 Å². The van der Waals surface area contributed by atoms with E-state index < -0.39 is 30.0 Å². The number of nitrogens with zero attached hydrogens (tertiary/aromatic N) is 2. The van der Waals surface area contributed by atoms with Gasteiger partial charge in [-0.1, -0.05) is 19.1 Å². The second-order valence-corrected chi connectivity index (χ2v) is 7.23. The lowest BCUT2D eigenvalue weighted by Gasteiger charge is -2.25. The first-order valence-electron chi connectivity index (χ1n) is 9.99. The summed E-state index contributed by atoms with van der Waals surface area (Å²) in [5, 5.41) is 3.22. The average Bonchev–Trinajstić information content (AvgIpc) is 3.25. The zero-order valence-corrected chi connectivity index (χ0v) is 18.1. The van der Waals surface area contributed by atoms with Gasteiger partial charge in [0, 0.05) is 0 Å². The molecule has 1 aliphatic heterocycles. The maximum atomic E-state index is 13.4. The van der Waals surface area contributed by atoms with Crippen LogP contribution in [0, 0.1) is 13.8 Å². The lowest BCUT2D eigenvalue weighted by Crippen LogP contribution is -2.20. The third kappa shape index (κ3) is 4.95. The summed E-state index contributed by atoms with van der Waals surface area (Å²) in [4.78, 5) is 20.7. The molecule has 172 valence electrons. The summed E-state index contributed by atoms with van der Waals surface area (Å²) in [5.41, 5.74) is 0.666. The Bertz CT molecular complexity index is 1020. The number of halogens is 3. The number of benzene rings is 1. The first kappa shape index (κ1) is 23.4. The van der Waals surface area contributed by atoms with Crippen molar-refractivity contribution in [1.29, 1.82) is 0 Å². The highest BCUT2D eigenvalue weighted by Crippen LogP contribution is 2.38. The van der Waals surface area contributed by atoms with Gasteiger partial charge < -0.3 is 19.5 Å². The van der Waals surface area contributed by atoms with Gasteiger partial charge in [0.05, 0.1) is 36.4 Å². The maximum absolute atomic E-state index is 13.4. The van der Waals surface area contributed by atoms with E-state index >= 15 is 0 Å². The lowest BCUT2D eigenvalue weighted by atomic mass is 9.94. The molecule has 0 amide bonds. The first-order chi connectivity index (χ1) is 15.2. The second-order valence-electron chi connectivity index (χ2n) is 7.23. The Morgan fingerprint density at radius 2 is 1.91 bits per heavy atom. The lowest BCUT2D eigenvalue weighted by molar-refractivity contribution is -0.140. The predicted molar refractivity (Wildman–Crippen MR) is 109 cm³/mol. The van der Waals surface area contributed by atoms with Gasteiger partial charge in [-0.3, -0.25) is 4.79 Å². The molecule has 2 heterocycles. The van der Waals surface area contributed by atoms with E-state index in [4.69, 9.17) is 14.2 Å². The topological polar surface area (TPSA) is 82.6 Å². The van der Waals surface area contributed by atoms with E-state index in [9.17, 15) is 18.0 Å². The van der Waals surface area contributed by atoms with Gasteiger partial charge in [0.2, 0.25) is 0 Å². The second kappa shape index (κ2) is 9.46. The molecule has 1 aromatic carbocycles. The Morgan fingerprint density at radius 1 is 1.22 bits per heavy atom. The number of nitrogens with one attached hydrogen (secondary N) is 1. The van der Waals surface area contributed by atoms with Crippen LogP contribution in [0.3, 0.4) is 0 Å². The molecule has 0 saturated carbocycles. The average molecular weight is 451 g/mol. The molecule has 0 unspecified atom stereocenters. The monoisotopic (exact) mass is 451 g/mol. The summed E-state index contributed by atoms with van der Waals surface area (Å²) < 4.78 is 56.0. The fourth-order valence-corrected chi connectivity index (χ4v) is 3.62. The number of aryl methyl sites for hydroxylation is 1. The van der Waals surface area contributed by atoms with E-state index in [1.807, 2.05) is 6.92 Å². The van der Waals surface area contributed by atoms with Crippen molar-refractivity contribution in [2.24, 2.45) is 0 Å². The summed E-state index contributed by atoms with van der Waals surface area (Å²) in [7, 11) is 1.27. The molecule has 1 aromatic heterocycles. The predicted octanol–water partition coefficient (Wildman–Crippen LogP) is 4.91. The van der Waals surface area contributed by atoms with Crippen molar-refractivity contribution < 1.29 is 32.2 Å². The molecule has 0 bridgehead atoms. The molecule has 3 rings (SSSR count). The van der Waals surface area contributed by atoms with Crippen LogP contribution >= 0.6 is 0 Å². The van der Waals surface area contributed by atoms with Gasteiger partial charge >= 0.3 is 12.1 Å². The van der Waals surface area contributed by atoms with Gasteiger partial charge in [-0.15, -0.1) is 0 Å². The minimum absolute atomic E-state index is 0.136. The summed E-state index contributed by atoms with van der Waals surface area (Å²) >= 11 is 0. The fourth-order valence-electron chi connectivity index (χ4n) is 3.62. The number of anilines is 1. The number of ether oxygens (including phenoxy) is 3. The molecule has 32 heavy (non-hydrogen) atoms. The molecule has 10 heteroatoms. The van der Waals surface area contributed by atoms with Gasteiger partial charge in [0.25, 0.3) is 6.29 Å². The number of esters is 1. The number of carbonyl (C=O) groups excluding carboxylic acids is 1. The standard InChI is InChI=1S/C22H24F3N3O4/c1-5-16(14-7-6-8-15(12(14)2)22(23,24)25)28-20-19(21-31-9-10-32-21)17(11-18(29)30-4)26-13(3)27-20/h6-10,16,21H,5,11H2,1-4H3,(H,26,27,28)/t16-/m1/s1. The van der Waals surface area contributed by atoms with Gasteiger partial charge in [-0.25, -0.2) is 9.97 Å². The highest BCUT2D eigenvalue weighted by atomic mass is 19.4. The molecule has 0 radical (unpaired) electrons. The normalized spacial score (nSPS) is 14.6. The Balaban J connectivity index is 2.06. The minimum atomic E-state index is -4.46. The highest BCUT2D eigenvalue weighted by Gasteiger charge is 2.34. The zero-order chi connectivity index (χ0) is 23.5. The molecule has 0 fully saturated rings. The number of alkyl halides is 3. The molecule has 1 N–H and O–H groups in total. The van der Waals surface area contributed by atoms with Gasteiger partial charge in [0.15, 0.2) is 0 Å². The van der Waals surface area contributed by atoms with Crippen molar-refractivity contribution in [3.63, 3.8) is 0 Å². The molecule has 1 aliphatic rings. The van der Waals surface area contributed by atoms with Crippen LogP contribution in [0.4, 0.5) is 19.0 Å². The highest BCUT2D eigenvalue weighted by molar-refractivity contribution is 5.73. The molecule has 0 aliphatic carbocycles. The van der Waals surface area contributed by atoms with Crippen molar-refractivity contribution in [2.75, 3.05) is 12.4 Å². The molecular weight excluding hydrogens is 427 g/mol. The van der Waals surface area contributed by atoms with Gasteiger partial charge in [-0.2, -0.15) is 13.2 Å². The first-order valence-corrected chi connectivity index (χ1v) is 9.99. The molecular formula is C22H24F3N3O4. The number of rotatable bonds is 7. The van der Waals surface area contributed by atoms with Crippen LogP contribution in [-0.4, -0.2) is 23.0 Å². The van der Waals surface area contributed by atoms with Crippen LogP contribution in [0.1, 0.15) is 59.4 Å². The molecule has 0 spiro atoms. The number of methoxy groups -OCH3 is 1. The van der Waals surface area contributed by atoms with Crippen LogP contribution in [0.25, 0.3) is 0 Å². The molecule has 0 saturated heterocycles. The van der Waals surface area contributed by atoms with Crippen molar-refractivity contribution in [3.8, 4) is 0 Å². The zero-order valence-electron chi connectivity index (χ0n) is 18.1. The summed E-state index contributed by atoms with van der Waals surface area (Å²) in [5.74, 6) is 0.174. The number of carbonyl (C=O) groups is 1. The maximum Gasteiger partial charge on any atom is 0.416 e. The van der Waals surface area contributed by atoms with E-state index in [1.54, 1.807) is 13.0 Å². The van der Waals surface area contributed by atoms with Crippen molar-refractivity contribution in [3.05, 3.63) is 64.5 Å². The van der Waals surface area contributed by atoms with Crippen LogP contribution < -0.4 is 5.32 Å². The smallest absolute Gasteiger partial charge is 0.416 e. The Kier molecular flexibility index (Phi) is 6.90. The summed E-state index contributed by atoms with van der Waals surface area (Å²) in [6, 6.07) is 3.61. The van der Waals surface area contributed by atoms with Crippen LogP contribution in [0.15, 0.2) is 30.7 Å². The third-order valence-electron chi connectivity index (χ3n) is 5.15. The fraction of sp³-hybridized carbons (Fsp3) is 0.409. The molecule has 2 aromatic rings. The molecule has 1 atom stereocenters. The molecule has 7 nitrogen and oxygen atoms in total. The minimum Gasteiger partial charge on any atom is -0.469 e. The van der Waals surface area contributed by atoms with E-state index in [0.29, 0.717) is 34.9 Å². The van der Waals surface area contributed by atoms with Crippen LogP contribution in [-0.2, 0) is 31.6 Å². The largest absolute Gasteiger partial charge is 0.469 e. The van der Waals surface area contributed by atoms with E-state index in [1.165, 1.54) is 32.6 Å². The summed E-state index contributed by atoms with van der Waals surface area (Å²) in [6.07, 6.45) is -2.33. The number of aromatic nitrogens is 2. The van der Waals surface area contributed by atoms with Gasteiger partial charge in [-0.05, 0) is 37.5 Å². The quantitative estimate of drug-likeness (QED) is 0.599. The Hall–Kier alpha value is -3.30. The van der Waals surface area contributed by atoms with Crippen LogP contribution in [0.2, 0.25) is 0 Å². The van der Waals surface area contributed by atoms with Gasteiger partial charge in [0.1, 0.15) is 24.2 Å². The van der Waals surface area contributed by atoms with Crippen molar-refractivity contribution in [2.45, 2.75) is 52.1 Å². The van der Waals surface area contributed by atoms with E-state index in [0.717, 1.165) is 6.07 Å². The number of hydrogen-bond donors (Lipinski definition) is 1. The third-order valence-corrected chi connectivity index (χ3v) is 5.15.